The first kappa shape index (κ1) is 11.3. The van der Waals surface area contributed by atoms with E-state index in [1.54, 1.807) is 0 Å². The predicted molar refractivity (Wildman–Crippen MR) is 53.4 cm³/mol. The Morgan fingerprint density at radius 3 is 2.64 bits per heavy atom. The molecule has 0 radical (unpaired) electrons. The van der Waals surface area contributed by atoms with Gasteiger partial charge in [0.2, 0.25) is 0 Å². The third kappa shape index (κ3) is 2.86. The Morgan fingerprint density at radius 2 is 2.14 bits per heavy atom. The van der Waals surface area contributed by atoms with Crippen LogP contribution in [-0.4, -0.2) is 13.7 Å². The Hall–Kier alpha value is -0.790. The molecule has 1 aromatic rings. The van der Waals surface area contributed by atoms with Gasteiger partial charge in [-0.25, -0.2) is 0 Å². The maximum absolute atomic E-state index is 10.5. The molecule has 1 unspecified atom stereocenters. The molecular weight excluding hydrogens is 274 g/mol. The van der Waals surface area contributed by atoms with Crippen LogP contribution in [0, 0.1) is 10.1 Å². The monoisotopic (exact) mass is 278 g/mol. The van der Waals surface area contributed by atoms with E-state index in [-0.39, 0.29) is 17.0 Å². The van der Waals surface area contributed by atoms with E-state index in [4.69, 9.17) is 0 Å². The minimum absolute atomic E-state index is 0.178. The van der Waals surface area contributed by atoms with E-state index in [9.17, 15) is 18.9 Å². The molecule has 0 aromatic heterocycles. The molecule has 0 amide bonds. The third-order valence-corrected chi connectivity index (χ3v) is 2.55. The Labute approximate surface area is 90.7 Å². The molecule has 76 valence electrons. The van der Waals surface area contributed by atoms with E-state index in [1.807, 2.05) is 0 Å². The molecule has 0 spiro atoms. The lowest BCUT2D eigenvalue weighted by molar-refractivity contribution is -0.385. The summed E-state index contributed by atoms with van der Waals surface area (Å²) >= 11 is 0.785. The molecule has 7 heteroatoms. The molecule has 5 nitrogen and oxygen atoms in total. The number of rotatable bonds is 3. The molecule has 14 heavy (non-hydrogen) atoms. The van der Waals surface area contributed by atoms with E-state index in [1.165, 1.54) is 18.2 Å². The van der Waals surface area contributed by atoms with Crippen molar-refractivity contribution in [3.05, 3.63) is 38.3 Å². The van der Waals surface area contributed by atoms with Crippen molar-refractivity contribution in [1.29, 1.82) is 0 Å². The van der Waals surface area contributed by atoms with Crippen LogP contribution >= 0.6 is 15.9 Å². The highest BCUT2D eigenvalue weighted by Crippen LogP contribution is 2.23. The number of hydrogen-bond acceptors (Lipinski definition) is 4. The van der Waals surface area contributed by atoms with Gasteiger partial charge in [-0.2, -0.15) is 0 Å². The predicted octanol–water partition coefficient (Wildman–Crippen LogP) is 1.74. The largest absolute Gasteiger partial charge is 0.772 e. The number of halogens is 1. The number of nitro groups is 1. The number of hydrogen-bond donors (Lipinski definition) is 0. The fraction of sp³-hybridized carbons (Fsp3) is 0.143. The van der Waals surface area contributed by atoms with Crippen LogP contribution in [0.1, 0.15) is 5.56 Å². The minimum Gasteiger partial charge on any atom is -0.772 e. The molecule has 0 fully saturated rings. The maximum Gasteiger partial charge on any atom is 0.273 e. The van der Waals surface area contributed by atoms with Crippen molar-refractivity contribution < 1.29 is 13.7 Å². The lowest BCUT2D eigenvalue weighted by Crippen LogP contribution is -1.99. The van der Waals surface area contributed by atoms with Crippen molar-refractivity contribution in [3.8, 4) is 0 Å². The molecule has 0 saturated carbocycles. The molecule has 1 rings (SSSR count). The average Bonchev–Trinajstić information content (AvgIpc) is 2.01. The van der Waals surface area contributed by atoms with Crippen LogP contribution in [0.25, 0.3) is 0 Å². The zero-order valence-corrected chi connectivity index (χ0v) is 9.21. The summed E-state index contributed by atoms with van der Waals surface area (Å²) in [6.07, 6.45) is 0. The molecule has 0 aliphatic rings. The zero-order valence-electron chi connectivity index (χ0n) is 6.81. The summed E-state index contributed by atoms with van der Waals surface area (Å²) in [6.45, 7) is 0. The molecule has 0 saturated heterocycles. The summed E-state index contributed by atoms with van der Waals surface area (Å²) in [5.41, 5.74) is -0.00453. The Morgan fingerprint density at radius 1 is 1.50 bits per heavy atom. The van der Waals surface area contributed by atoms with Gasteiger partial charge in [0.1, 0.15) is 0 Å². The van der Waals surface area contributed by atoms with Crippen LogP contribution in [0.2, 0.25) is 0 Å². The Bertz CT molecular complexity index is 395. The van der Waals surface area contributed by atoms with Gasteiger partial charge in [0.05, 0.1) is 4.92 Å². The number of nitro benzene ring substituents is 1. The van der Waals surface area contributed by atoms with Gasteiger partial charge in [-0.15, -0.1) is 0 Å². The Kier molecular flexibility index (Phi) is 3.73. The lowest BCUT2D eigenvalue weighted by Gasteiger charge is -2.05. The topological polar surface area (TPSA) is 83.3 Å². The number of nitrogens with zero attached hydrogens (tertiary/aromatic N) is 1. The summed E-state index contributed by atoms with van der Waals surface area (Å²) in [5, 5.41) is 10.5. The van der Waals surface area contributed by atoms with Crippen molar-refractivity contribution in [2.45, 2.75) is 5.75 Å². The van der Waals surface area contributed by atoms with E-state index < -0.39 is 16.0 Å². The fourth-order valence-corrected chi connectivity index (χ4v) is 1.87. The summed E-state index contributed by atoms with van der Waals surface area (Å²) < 4.78 is 21.4. The zero-order chi connectivity index (χ0) is 10.7. The van der Waals surface area contributed by atoms with E-state index in [0.717, 1.165) is 0 Å². The first-order valence-corrected chi connectivity index (χ1v) is 5.53. The quantitative estimate of drug-likeness (QED) is 0.479. The van der Waals surface area contributed by atoms with Gasteiger partial charge < -0.3 is 4.55 Å². The average molecular weight is 279 g/mol. The third-order valence-electron chi connectivity index (χ3n) is 1.51. The van der Waals surface area contributed by atoms with Crippen molar-refractivity contribution in [2.24, 2.45) is 0 Å². The van der Waals surface area contributed by atoms with E-state index >= 15 is 0 Å². The van der Waals surface area contributed by atoms with Gasteiger partial charge in [0.25, 0.3) is 5.69 Å². The standard InChI is InChI=1S/C7H6BrNO4S/c8-6-1-2-7(9(10)11)5(3-6)4-14(12)13/h1-3H,4H2,(H,12,13)/p-1. The first-order chi connectivity index (χ1) is 6.50. The van der Waals surface area contributed by atoms with Crippen LogP contribution in [0.4, 0.5) is 5.69 Å². The highest BCUT2D eigenvalue weighted by molar-refractivity contribution is 9.10. The molecule has 0 bridgehead atoms. The molecular formula is C7H5BrNO4S-. The van der Waals surface area contributed by atoms with Crippen molar-refractivity contribution in [2.75, 3.05) is 0 Å². The van der Waals surface area contributed by atoms with Crippen molar-refractivity contribution in [1.82, 2.24) is 0 Å². The van der Waals surface area contributed by atoms with Crippen LogP contribution in [-0.2, 0) is 16.8 Å². The fourth-order valence-electron chi connectivity index (χ4n) is 0.975. The second-order valence-electron chi connectivity index (χ2n) is 2.48. The molecule has 0 aliphatic carbocycles. The lowest BCUT2D eigenvalue weighted by atomic mass is 10.2. The van der Waals surface area contributed by atoms with E-state index in [2.05, 4.69) is 15.9 Å². The van der Waals surface area contributed by atoms with Crippen LogP contribution in [0.5, 0.6) is 0 Å². The van der Waals surface area contributed by atoms with Gasteiger partial charge in [0.15, 0.2) is 0 Å². The summed E-state index contributed by atoms with van der Waals surface area (Å²) in [4.78, 5) is 9.90. The van der Waals surface area contributed by atoms with Crippen molar-refractivity contribution in [3.63, 3.8) is 0 Å². The molecule has 1 aromatic carbocycles. The van der Waals surface area contributed by atoms with E-state index in [0.29, 0.717) is 4.47 Å². The van der Waals surface area contributed by atoms with Crippen LogP contribution in [0.15, 0.2) is 22.7 Å². The minimum atomic E-state index is -2.33. The van der Waals surface area contributed by atoms with Crippen LogP contribution < -0.4 is 0 Å². The van der Waals surface area contributed by atoms with Crippen molar-refractivity contribution >= 4 is 32.7 Å². The summed E-state index contributed by atoms with van der Waals surface area (Å²) in [5.74, 6) is -0.351. The van der Waals surface area contributed by atoms with Gasteiger partial charge in [-0.1, -0.05) is 27.0 Å². The molecule has 1 atom stereocenters. The van der Waals surface area contributed by atoms with Crippen LogP contribution in [0.3, 0.4) is 0 Å². The summed E-state index contributed by atoms with van der Waals surface area (Å²) in [7, 11) is 0. The van der Waals surface area contributed by atoms with Gasteiger partial charge in [-0.05, 0) is 12.1 Å². The van der Waals surface area contributed by atoms with Gasteiger partial charge >= 0.3 is 0 Å². The Balaban J connectivity index is 3.15. The second-order valence-corrected chi connectivity index (χ2v) is 4.29. The normalized spacial score (nSPS) is 12.4. The smallest absolute Gasteiger partial charge is 0.273 e. The highest BCUT2D eigenvalue weighted by atomic mass is 79.9. The van der Waals surface area contributed by atoms with Gasteiger partial charge in [0, 0.05) is 21.9 Å². The molecule has 0 N–H and O–H groups in total. The second kappa shape index (κ2) is 4.63. The van der Waals surface area contributed by atoms with Gasteiger partial charge in [-0.3, -0.25) is 14.3 Å². The SMILES string of the molecule is O=[N+]([O-])c1ccc(Br)cc1CS(=O)[O-]. The molecule has 0 heterocycles. The highest BCUT2D eigenvalue weighted by Gasteiger charge is 2.13. The molecule has 0 aliphatic heterocycles. The number of benzene rings is 1. The first-order valence-electron chi connectivity index (χ1n) is 3.49. The maximum atomic E-state index is 10.5. The summed E-state index contributed by atoms with van der Waals surface area (Å²) in [6, 6.07) is 4.19.